The van der Waals surface area contributed by atoms with Crippen molar-refractivity contribution in [2.75, 3.05) is 26.2 Å². The van der Waals surface area contributed by atoms with Gasteiger partial charge in [-0.2, -0.15) is 0 Å². The van der Waals surface area contributed by atoms with Crippen molar-refractivity contribution in [3.05, 3.63) is 59.7 Å². The van der Waals surface area contributed by atoms with Gasteiger partial charge in [-0.3, -0.25) is 4.79 Å². The molecule has 2 N–H and O–H groups in total. The van der Waals surface area contributed by atoms with Gasteiger partial charge in [-0.15, -0.1) is 0 Å². The highest BCUT2D eigenvalue weighted by atomic mass is 16.5. The number of carbonyl (C=O) groups excluding carboxylic acids is 1. The van der Waals surface area contributed by atoms with E-state index in [1.807, 2.05) is 24.3 Å². The summed E-state index contributed by atoms with van der Waals surface area (Å²) in [4.78, 5) is 26.0. The number of alkyl carbamates (subject to hydrolysis) is 1. The highest BCUT2D eigenvalue weighted by molar-refractivity contribution is 5.79. The van der Waals surface area contributed by atoms with E-state index in [-0.39, 0.29) is 18.9 Å². The molecule has 6 heteroatoms. The largest absolute Gasteiger partial charge is 0.481 e. The maximum Gasteiger partial charge on any atom is 0.407 e. The van der Waals surface area contributed by atoms with Crippen LogP contribution in [0.5, 0.6) is 0 Å². The van der Waals surface area contributed by atoms with Crippen molar-refractivity contribution in [2.45, 2.75) is 37.6 Å². The second-order valence-electron chi connectivity index (χ2n) is 8.13. The molecule has 2 aromatic carbocycles. The van der Waals surface area contributed by atoms with E-state index >= 15 is 0 Å². The highest BCUT2D eigenvalue weighted by Gasteiger charge is 2.29. The molecule has 1 atom stereocenters. The van der Waals surface area contributed by atoms with Gasteiger partial charge in [0, 0.05) is 12.5 Å². The van der Waals surface area contributed by atoms with Gasteiger partial charge in [-0.05, 0) is 48.2 Å². The Balaban J connectivity index is 1.39. The Bertz CT molecular complexity index is 862. The van der Waals surface area contributed by atoms with Gasteiger partial charge in [0.25, 0.3) is 0 Å². The van der Waals surface area contributed by atoms with Crippen molar-refractivity contribution in [1.29, 1.82) is 0 Å². The Morgan fingerprint density at radius 3 is 2.20 bits per heavy atom. The molecule has 1 unspecified atom stereocenters. The number of nitrogens with zero attached hydrogens (tertiary/aromatic N) is 1. The molecule has 0 radical (unpaired) electrons. The Hall–Kier alpha value is -2.86. The number of piperidine rings is 1. The zero-order valence-electron chi connectivity index (χ0n) is 17.0. The predicted molar refractivity (Wildman–Crippen MR) is 115 cm³/mol. The summed E-state index contributed by atoms with van der Waals surface area (Å²) in [5, 5.41) is 12.0. The molecule has 4 rings (SSSR count). The van der Waals surface area contributed by atoms with Gasteiger partial charge in [-0.25, -0.2) is 4.79 Å². The first-order valence-corrected chi connectivity index (χ1v) is 10.7. The minimum atomic E-state index is -0.920. The summed E-state index contributed by atoms with van der Waals surface area (Å²) in [5.74, 6) is -0.931. The molecule has 0 bridgehead atoms. The number of rotatable bonds is 7. The molecule has 0 aromatic heterocycles. The maximum atomic E-state index is 12.5. The Kier molecular flexibility index (Phi) is 6.33. The molecular weight excluding hydrogens is 380 g/mol. The van der Waals surface area contributed by atoms with E-state index in [0.717, 1.165) is 37.1 Å². The van der Waals surface area contributed by atoms with Gasteiger partial charge >= 0.3 is 12.1 Å². The number of carboxylic acids is 1. The van der Waals surface area contributed by atoms with Gasteiger partial charge in [0.2, 0.25) is 0 Å². The van der Waals surface area contributed by atoms with Gasteiger partial charge < -0.3 is 20.1 Å². The lowest BCUT2D eigenvalue weighted by Gasteiger charge is -2.30. The first kappa shape index (κ1) is 20.4. The number of hydrogen-bond donors (Lipinski definition) is 2. The van der Waals surface area contributed by atoms with Gasteiger partial charge in [0.15, 0.2) is 0 Å². The Morgan fingerprint density at radius 1 is 1.00 bits per heavy atom. The van der Waals surface area contributed by atoms with Crippen molar-refractivity contribution in [1.82, 2.24) is 10.2 Å². The lowest BCUT2D eigenvalue weighted by Crippen LogP contribution is -2.46. The third-order valence-electron chi connectivity index (χ3n) is 6.01. The SMILES string of the molecule is O=C(O)CC(CN1CCCCC1)NC(=O)OCC1c2ccccc2-c2ccccc21. The maximum absolute atomic E-state index is 12.5. The summed E-state index contributed by atoms with van der Waals surface area (Å²) in [7, 11) is 0. The minimum Gasteiger partial charge on any atom is -0.481 e. The summed E-state index contributed by atoms with van der Waals surface area (Å²) >= 11 is 0. The minimum absolute atomic E-state index is 0.0110. The second-order valence-corrected chi connectivity index (χ2v) is 8.13. The van der Waals surface area contributed by atoms with Crippen LogP contribution in [0.3, 0.4) is 0 Å². The van der Waals surface area contributed by atoms with Crippen LogP contribution in [0.2, 0.25) is 0 Å². The number of hydrogen-bond acceptors (Lipinski definition) is 4. The van der Waals surface area contributed by atoms with Crippen LogP contribution in [0.15, 0.2) is 48.5 Å². The lowest BCUT2D eigenvalue weighted by atomic mass is 9.98. The third kappa shape index (κ3) is 4.65. The molecule has 1 fully saturated rings. The molecule has 158 valence electrons. The number of nitrogens with one attached hydrogen (secondary N) is 1. The number of ether oxygens (including phenoxy) is 1. The van der Waals surface area contributed by atoms with Crippen molar-refractivity contribution in [2.24, 2.45) is 0 Å². The van der Waals surface area contributed by atoms with E-state index in [1.165, 1.54) is 17.5 Å². The van der Waals surface area contributed by atoms with E-state index in [4.69, 9.17) is 4.74 Å². The quantitative estimate of drug-likeness (QED) is 0.727. The van der Waals surface area contributed by atoms with Crippen LogP contribution in [0, 0.1) is 0 Å². The fraction of sp³-hybridized carbons (Fsp3) is 0.417. The van der Waals surface area contributed by atoms with Crippen LogP contribution >= 0.6 is 0 Å². The summed E-state index contributed by atoms with van der Waals surface area (Å²) in [6.45, 7) is 2.66. The number of fused-ring (bicyclic) bond motifs is 3. The fourth-order valence-electron chi connectivity index (χ4n) is 4.63. The van der Waals surface area contributed by atoms with Crippen molar-refractivity contribution in [3.8, 4) is 11.1 Å². The van der Waals surface area contributed by atoms with Gasteiger partial charge in [0.05, 0.1) is 12.5 Å². The molecular formula is C24H28N2O4. The van der Waals surface area contributed by atoms with E-state index < -0.39 is 18.1 Å². The van der Waals surface area contributed by atoms with Gasteiger partial charge in [0.1, 0.15) is 6.61 Å². The molecule has 1 saturated heterocycles. The normalized spacial score (nSPS) is 17.1. The number of aliphatic carboxylic acids is 1. The van der Waals surface area contributed by atoms with Crippen LogP contribution in [0.25, 0.3) is 11.1 Å². The Labute approximate surface area is 176 Å². The molecule has 30 heavy (non-hydrogen) atoms. The molecule has 1 amide bonds. The number of carboxylic acid groups (broad SMARTS) is 1. The second kappa shape index (κ2) is 9.30. The Morgan fingerprint density at radius 2 is 1.60 bits per heavy atom. The third-order valence-corrected chi connectivity index (χ3v) is 6.01. The summed E-state index contributed by atoms with van der Waals surface area (Å²) in [6, 6.07) is 15.9. The lowest BCUT2D eigenvalue weighted by molar-refractivity contribution is -0.137. The molecule has 0 spiro atoms. The average molecular weight is 408 g/mol. The van der Waals surface area contributed by atoms with Crippen LogP contribution < -0.4 is 5.32 Å². The monoisotopic (exact) mass is 408 g/mol. The average Bonchev–Trinajstić information content (AvgIpc) is 3.06. The van der Waals surface area contributed by atoms with E-state index in [9.17, 15) is 14.7 Å². The summed E-state index contributed by atoms with van der Waals surface area (Å²) in [6.07, 6.45) is 2.77. The molecule has 1 aliphatic heterocycles. The molecule has 2 aromatic rings. The predicted octanol–water partition coefficient (Wildman–Crippen LogP) is 3.85. The molecule has 2 aliphatic rings. The zero-order chi connectivity index (χ0) is 20.9. The number of likely N-dealkylation sites (tertiary alicyclic amines) is 1. The zero-order valence-corrected chi connectivity index (χ0v) is 17.0. The number of amides is 1. The standard InChI is InChI=1S/C24H28N2O4/c27-23(28)14-17(15-26-12-6-1-7-13-26)25-24(29)30-16-22-20-10-4-2-8-18(20)19-9-3-5-11-21(19)22/h2-5,8-11,17,22H,1,6-7,12-16H2,(H,25,29)(H,27,28). The first-order chi connectivity index (χ1) is 14.6. The first-order valence-electron chi connectivity index (χ1n) is 10.7. The van der Waals surface area contributed by atoms with E-state index in [1.54, 1.807) is 0 Å². The fourth-order valence-corrected chi connectivity index (χ4v) is 4.63. The summed E-state index contributed by atoms with van der Waals surface area (Å²) < 4.78 is 5.58. The van der Waals surface area contributed by atoms with Crippen LogP contribution in [-0.2, 0) is 9.53 Å². The molecule has 1 aliphatic carbocycles. The van der Waals surface area contributed by atoms with Crippen LogP contribution in [0.1, 0.15) is 42.7 Å². The molecule has 1 heterocycles. The topological polar surface area (TPSA) is 78.9 Å². The molecule has 6 nitrogen and oxygen atoms in total. The van der Waals surface area contributed by atoms with Crippen molar-refractivity contribution >= 4 is 12.1 Å². The van der Waals surface area contributed by atoms with Crippen LogP contribution in [0.4, 0.5) is 4.79 Å². The van der Waals surface area contributed by atoms with E-state index in [0.29, 0.717) is 6.54 Å². The van der Waals surface area contributed by atoms with Crippen molar-refractivity contribution in [3.63, 3.8) is 0 Å². The molecule has 0 saturated carbocycles. The van der Waals surface area contributed by atoms with Crippen molar-refractivity contribution < 1.29 is 19.4 Å². The highest BCUT2D eigenvalue weighted by Crippen LogP contribution is 2.44. The van der Waals surface area contributed by atoms with Crippen LogP contribution in [-0.4, -0.2) is 54.4 Å². The number of benzene rings is 2. The smallest absolute Gasteiger partial charge is 0.407 e. The summed E-state index contributed by atoms with van der Waals surface area (Å²) in [5.41, 5.74) is 4.66. The van der Waals surface area contributed by atoms with E-state index in [2.05, 4.69) is 34.5 Å². The van der Waals surface area contributed by atoms with Gasteiger partial charge in [-0.1, -0.05) is 55.0 Å². The number of carbonyl (C=O) groups is 2.